The molecule has 20 heavy (non-hydrogen) atoms. The molecular weight excluding hydrogens is 274 g/mol. The molecule has 0 fully saturated rings. The van der Waals surface area contributed by atoms with Crippen LogP contribution in [0.3, 0.4) is 0 Å². The number of hydrogen-bond acceptors (Lipinski definition) is 6. The number of hydrogen-bond donors (Lipinski definition) is 2. The summed E-state index contributed by atoms with van der Waals surface area (Å²) in [6, 6.07) is 5.16. The molecule has 0 saturated carbocycles. The first-order valence-electron chi connectivity index (χ1n) is 6.30. The first-order valence-corrected chi connectivity index (χ1v) is 7.11. The molecular formula is C14H17N3O2S. The van der Waals surface area contributed by atoms with E-state index in [0.717, 1.165) is 11.4 Å². The Balaban J connectivity index is 2.18. The zero-order valence-electron chi connectivity index (χ0n) is 11.5. The van der Waals surface area contributed by atoms with Crippen molar-refractivity contribution in [2.45, 2.75) is 19.9 Å². The Labute approximate surface area is 121 Å². The topological polar surface area (TPSA) is 77.2 Å². The van der Waals surface area contributed by atoms with E-state index < -0.39 is 5.97 Å². The van der Waals surface area contributed by atoms with Gasteiger partial charge in [-0.05, 0) is 18.6 Å². The molecule has 1 heterocycles. The van der Waals surface area contributed by atoms with Gasteiger partial charge in [0.25, 0.3) is 0 Å². The standard InChI is InChI=1S/C14H17N3O2S/c1-3-9-7-16-12(20-9)8-17-13-10(14(18)19-2)5-4-6-11(13)15/h4-7,17H,3,8,15H2,1-2H3. The summed E-state index contributed by atoms with van der Waals surface area (Å²) in [5, 5.41) is 4.13. The second kappa shape index (κ2) is 6.38. The minimum atomic E-state index is -0.409. The molecule has 0 spiro atoms. The molecule has 0 atom stereocenters. The van der Waals surface area contributed by atoms with Gasteiger partial charge in [0.15, 0.2) is 0 Å². The number of carbonyl (C=O) groups is 1. The smallest absolute Gasteiger partial charge is 0.340 e. The van der Waals surface area contributed by atoms with Gasteiger partial charge in [0.1, 0.15) is 5.01 Å². The van der Waals surface area contributed by atoms with Crippen LogP contribution in [-0.2, 0) is 17.7 Å². The highest BCUT2D eigenvalue weighted by Gasteiger charge is 2.14. The van der Waals surface area contributed by atoms with Crippen molar-refractivity contribution < 1.29 is 9.53 Å². The number of anilines is 2. The molecule has 0 amide bonds. The fourth-order valence-electron chi connectivity index (χ4n) is 1.80. The zero-order valence-corrected chi connectivity index (χ0v) is 12.3. The van der Waals surface area contributed by atoms with Crippen LogP contribution in [0.2, 0.25) is 0 Å². The van der Waals surface area contributed by atoms with Crippen molar-refractivity contribution in [2.75, 3.05) is 18.2 Å². The Bertz CT molecular complexity index is 610. The van der Waals surface area contributed by atoms with Crippen LogP contribution in [0.4, 0.5) is 11.4 Å². The predicted molar refractivity (Wildman–Crippen MR) is 81.0 cm³/mol. The highest BCUT2D eigenvalue weighted by atomic mass is 32.1. The number of esters is 1. The molecule has 106 valence electrons. The van der Waals surface area contributed by atoms with Crippen LogP contribution in [0.15, 0.2) is 24.4 Å². The van der Waals surface area contributed by atoms with Crippen molar-refractivity contribution in [1.82, 2.24) is 4.98 Å². The number of rotatable bonds is 5. The van der Waals surface area contributed by atoms with Gasteiger partial charge in [0.2, 0.25) is 0 Å². The molecule has 0 aliphatic carbocycles. The third kappa shape index (κ3) is 3.08. The lowest BCUT2D eigenvalue weighted by Gasteiger charge is -2.12. The van der Waals surface area contributed by atoms with E-state index in [1.54, 1.807) is 29.5 Å². The molecule has 0 radical (unpaired) electrons. The average Bonchev–Trinajstić information content (AvgIpc) is 2.93. The molecule has 6 heteroatoms. The van der Waals surface area contributed by atoms with Crippen molar-refractivity contribution in [3.8, 4) is 0 Å². The molecule has 2 rings (SSSR count). The van der Waals surface area contributed by atoms with E-state index in [-0.39, 0.29) is 0 Å². The van der Waals surface area contributed by atoms with Crippen molar-refractivity contribution >= 4 is 28.7 Å². The number of aryl methyl sites for hydroxylation is 1. The van der Waals surface area contributed by atoms with Gasteiger partial charge >= 0.3 is 5.97 Å². The zero-order chi connectivity index (χ0) is 14.5. The summed E-state index contributed by atoms with van der Waals surface area (Å²) in [5.74, 6) is -0.409. The highest BCUT2D eigenvalue weighted by molar-refractivity contribution is 7.11. The number of ether oxygens (including phenoxy) is 1. The molecule has 0 aliphatic heterocycles. The minimum absolute atomic E-state index is 0.409. The minimum Gasteiger partial charge on any atom is -0.465 e. The van der Waals surface area contributed by atoms with Crippen molar-refractivity contribution in [3.05, 3.63) is 39.8 Å². The second-order valence-corrected chi connectivity index (χ2v) is 5.39. The Morgan fingerprint density at radius 1 is 1.50 bits per heavy atom. The normalized spacial score (nSPS) is 10.3. The van der Waals surface area contributed by atoms with Gasteiger partial charge in [-0.3, -0.25) is 0 Å². The number of benzene rings is 1. The van der Waals surface area contributed by atoms with Gasteiger partial charge in [-0.2, -0.15) is 0 Å². The van der Waals surface area contributed by atoms with Gasteiger partial charge < -0.3 is 15.8 Å². The lowest BCUT2D eigenvalue weighted by Crippen LogP contribution is -2.10. The number of aromatic nitrogens is 1. The highest BCUT2D eigenvalue weighted by Crippen LogP contribution is 2.25. The third-order valence-corrected chi connectivity index (χ3v) is 4.01. The van der Waals surface area contributed by atoms with Crippen LogP contribution >= 0.6 is 11.3 Å². The lowest BCUT2D eigenvalue weighted by atomic mass is 10.1. The first-order chi connectivity index (χ1) is 9.65. The van der Waals surface area contributed by atoms with Crippen molar-refractivity contribution in [3.63, 3.8) is 0 Å². The van der Waals surface area contributed by atoms with Crippen LogP contribution in [0.25, 0.3) is 0 Å². The van der Waals surface area contributed by atoms with Gasteiger partial charge in [-0.15, -0.1) is 11.3 Å². The lowest BCUT2D eigenvalue weighted by molar-refractivity contribution is 0.0602. The van der Waals surface area contributed by atoms with Crippen LogP contribution in [0.1, 0.15) is 27.2 Å². The maximum Gasteiger partial charge on any atom is 0.340 e. The quantitative estimate of drug-likeness (QED) is 0.654. The van der Waals surface area contributed by atoms with Gasteiger partial charge in [-0.1, -0.05) is 13.0 Å². The van der Waals surface area contributed by atoms with Gasteiger partial charge in [0, 0.05) is 11.1 Å². The Morgan fingerprint density at radius 3 is 2.95 bits per heavy atom. The monoisotopic (exact) mass is 291 g/mol. The van der Waals surface area contributed by atoms with Crippen LogP contribution in [0, 0.1) is 0 Å². The molecule has 1 aromatic heterocycles. The molecule has 0 bridgehead atoms. The summed E-state index contributed by atoms with van der Waals surface area (Å²) >= 11 is 1.65. The van der Waals surface area contributed by atoms with Gasteiger partial charge in [0.05, 0.1) is 30.6 Å². The van der Waals surface area contributed by atoms with Crippen molar-refractivity contribution in [2.24, 2.45) is 0 Å². The Morgan fingerprint density at radius 2 is 2.30 bits per heavy atom. The second-order valence-electron chi connectivity index (χ2n) is 4.19. The average molecular weight is 291 g/mol. The number of nitrogens with zero attached hydrogens (tertiary/aromatic N) is 1. The van der Waals surface area contributed by atoms with E-state index in [1.165, 1.54) is 12.0 Å². The van der Waals surface area contributed by atoms with Crippen LogP contribution in [0.5, 0.6) is 0 Å². The van der Waals surface area contributed by atoms with Crippen LogP contribution in [-0.4, -0.2) is 18.1 Å². The molecule has 0 unspecified atom stereocenters. The third-order valence-electron chi connectivity index (χ3n) is 2.87. The summed E-state index contributed by atoms with van der Waals surface area (Å²) in [5.41, 5.74) is 7.46. The summed E-state index contributed by atoms with van der Waals surface area (Å²) in [4.78, 5) is 17.3. The maximum atomic E-state index is 11.7. The number of para-hydroxylation sites is 1. The summed E-state index contributed by atoms with van der Waals surface area (Å²) in [6.45, 7) is 2.62. The summed E-state index contributed by atoms with van der Waals surface area (Å²) in [6.07, 6.45) is 2.84. The van der Waals surface area contributed by atoms with E-state index in [4.69, 9.17) is 10.5 Å². The van der Waals surface area contributed by atoms with E-state index in [0.29, 0.717) is 23.5 Å². The fraction of sp³-hybridized carbons (Fsp3) is 0.286. The number of nitrogens with two attached hydrogens (primary N) is 1. The molecule has 2 aromatic rings. The largest absolute Gasteiger partial charge is 0.465 e. The first kappa shape index (κ1) is 14.3. The van der Waals surface area contributed by atoms with Gasteiger partial charge in [-0.25, -0.2) is 9.78 Å². The Hall–Kier alpha value is -2.08. The predicted octanol–water partition coefficient (Wildman–Crippen LogP) is 2.69. The van der Waals surface area contributed by atoms with E-state index >= 15 is 0 Å². The van der Waals surface area contributed by atoms with E-state index in [1.807, 2.05) is 6.20 Å². The number of nitrogen functional groups attached to an aromatic ring is 1. The molecule has 0 saturated heterocycles. The number of carbonyl (C=O) groups excluding carboxylic acids is 1. The SMILES string of the molecule is CCc1cnc(CNc2c(N)cccc2C(=O)OC)s1. The summed E-state index contributed by atoms with van der Waals surface area (Å²) < 4.78 is 4.76. The van der Waals surface area contributed by atoms with E-state index in [2.05, 4.69) is 17.2 Å². The van der Waals surface area contributed by atoms with E-state index in [9.17, 15) is 4.79 Å². The number of nitrogens with one attached hydrogen (secondary N) is 1. The molecule has 1 aromatic carbocycles. The van der Waals surface area contributed by atoms with Crippen LogP contribution < -0.4 is 11.1 Å². The summed E-state index contributed by atoms with van der Waals surface area (Å²) in [7, 11) is 1.35. The maximum absolute atomic E-state index is 11.7. The number of methoxy groups -OCH3 is 1. The number of thiazole rings is 1. The molecule has 0 aliphatic rings. The van der Waals surface area contributed by atoms with Crippen molar-refractivity contribution in [1.29, 1.82) is 0 Å². The Kier molecular flexibility index (Phi) is 4.57. The molecule has 3 N–H and O–H groups in total. The molecule has 5 nitrogen and oxygen atoms in total. The fourth-order valence-corrected chi connectivity index (χ4v) is 2.61.